The molecule has 32 heavy (non-hydrogen) atoms. The molecular formula is C27H33FN2O2. The molecule has 1 aromatic heterocycles. The molecule has 1 amide bonds. The third-order valence-electron chi connectivity index (χ3n) is 7.51. The fourth-order valence-electron chi connectivity index (χ4n) is 6.06. The molecule has 2 aliphatic rings. The minimum absolute atomic E-state index is 0.244. The van der Waals surface area contributed by atoms with E-state index >= 15 is 0 Å². The van der Waals surface area contributed by atoms with E-state index in [1.165, 1.54) is 37.8 Å². The Balaban J connectivity index is 1.53. The predicted octanol–water partition coefficient (Wildman–Crippen LogP) is 6.46. The normalized spacial score (nSPS) is 27.8. The molecule has 5 atom stereocenters. The Morgan fingerprint density at radius 2 is 2.06 bits per heavy atom. The predicted molar refractivity (Wildman–Crippen MR) is 125 cm³/mol. The van der Waals surface area contributed by atoms with E-state index in [4.69, 9.17) is 10.5 Å². The lowest BCUT2D eigenvalue weighted by Crippen LogP contribution is -2.42. The van der Waals surface area contributed by atoms with Gasteiger partial charge in [-0.3, -0.25) is 4.98 Å². The Kier molecular flexibility index (Phi) is 7.23. The van der Waals surface area contributed by atoms with Crippen molar-refractivity contribution >= 4 is 12.2 Å². The molecule has 2 N–H and O–H groups in total. The summed E-state index contributed by atoms with van der Waals surface area (Å²) in [5, 5.41) is 0. The first-order valence-corrected chi connectivity index (χ1v) is 11.9. The van der Waals surface area contributed by atoms with Gasteiger partial charge in [-0.1, -0.05) is 56.9 Å². The highest BCUT2D eigenvalue weighted by Gasteiger charge is 2.43. The van der Waals surface area contributed by atoms with Crippen molar-refractivity contribution in [2.45, 2.75) is 45.4 Å². The van der Waals surface area contributed by atoms with Gasteiger partial charge in [-0.15, -0.1) is 0 Å². The van der Waals surface area contributed by atoms with E-state index in [0.717, 1.165) is 29.7 Å². The zero-order chi connectivity index (χ0) is 22.5. The Morgan fingerprint density at radius 3 is 2.78 bits per heavy atom. The second kappa shape index (κ2) is 10.3. The van der Waals surface area contributed by atoms with E-state index < -0.39 is 6.09 Å². The minimum Gasteiger partial charge on any atom is -0.449 e. The molecule has 2 fully saturated rings. The first kappa shape index (κ1) is 22.5. The Bertz CT molecular complexity index is 943. The number of hydrogen-bond donors (Lipinski definition) is 1. The van der Waals surface area contributed by atoms with Gasteiger partial charge in [0.25, 0.3) is 0 Å². The first-order chi connectivity index (χ1) is 15.5. The maximum absolute atomic E-state index is 13.5. The van der Waals surface area contributed by atoms with E-state index in [1.807, 2.05) is 18.2 Å². The number of benzene rings is 1. The zero-order valence-corrected chi connectivity index (χ0v) is 18.8. The lowest BCUT2D eigenvalue weighted by molar-refractivity contribution is 0.00304. The molecule has 2 saturated carbocycles. The number of halogens is 1. The lowest BCUT2D eigenvalue weighted by Gasteiger charge is -2.48. The van der Waals surface area contributed by atoms with E-state index in [-0.39, 0.29) is 5.82 Å². The van der Waals surface area contributed by atoms with Crippen molar-refractivity contribution < 1.29 is 13.9 Å². The summed E-state index contributed by atoms with van der Waals surface area (Å²) in [6.07, 6.45) is 12.9. The number of amides is 1. The first-order valence-electron chi connectivity index (χ1n) is 11.9. The molecule has 0 aliphatic heterocycles. The number of carbonyl (C=O) groups is 1. The number of aromatic nitrogens is 1. The van der Waals surface area contributed by atoms with Crippen LogP contribution in [0.25, 0.3) is 17.2 Å². The summed E-state index contributed by atoms with van der Waals surface area (Å²) < 4.78 is 18.8. The molecule has 5 heteroatoms. The largest absolute Gasteiger partial charge is 0.449 e. The van der Waals surface area contributed by atoms with Crippen LogP contribution in [0.2, 0.25) is 0 Å². The van der Waals surface area contributed by atoms with Crippen LogP contribution in [0.5, 0.6) is 0 Å². The maximum Gasteiger partial charge on any atom is 0.404 e. The molecule has 0 radical (unpaired) electrons. The van der Waals surface area contributed by atoms with Gasteiger partial charge >= 0.3 is 6.09 Å². The average Bonchev–Trinajstić information content (AvgIpc) is 2.81. The molecule has 0 saturated heterocycles. The van der Waals surface area contributed by atoms with Gasteiger partial charge in [0.05, 0.1) is 12.3 Å². The quantitative estimate of drug-likeness (QED) is 0.565. The number of allylic oxidation sites excluding steroid dienone is 1. The summed E-state index contributed by atoms with van der Waals surface area (Å²) in [5.41, 5.74) is 7.89. The zero-order valence-electron chi connectivity index (χ0n) is 18.8. The monoisotopic (exact) mass is 436 g/mol. The Labute approximate surface area is 190 Å². The number of pyridine rings is 1. The number of ether oxygens (including phenoxy) is 1. The molecule has 2 aliphatic carbocycles. The number of nitrogens with two attached hydrogens (primary N) is 1. The van der Waals surface area contributed by atoms with Crippen molar-refractivity contribution in [3.8, 4) is 11.1 Å². The van der Waals surface area contributed by atoms with Crippen molar-refractivity contribution in [3.05, 3.63) is 60.2 Å². The summed E-state index contributed by atoms with van der Waals surface area (Å²) in [6.45, 7) is 2.65. The third-order valence-corrected chi connectivity index (χ3v) is 7.51. The van der Waals surface area contributed by atoms with Crippen LogP contribution in [0.4, 0.5) is 9.18 Å². The minimum atomic E-state index is -0.680. The molecule has 1 heterocycles. The summed E-state index contributed by atoms with van der Waals surface area (Å²) in [5.74, 6) is 2.39. The summed E-state index contributed by atoms with van der Waals surface area (Å²) in [7, 11) is 0. The smallest absolute Gasteiger partial charge is 0.404 e. The highest BCUT2D eigenvalue weighted by molar-refractivity contribution is 5.64. The van der Waals surface area contributed by atoms with Gasteiger partial charge in [0, 0.05) is 11.8 Å². The average molecular weight is 437 g/mol. The summed E-state index contributed by atoms with van der Waals surface area (Å²) >= 11 is 0. The number of carbonyl (C=O) groups excluding carboxylic acids is 1. The van der Waals surface area contributed by atoms with Gasteiger partial charge in [-0.05, 0) is 72.3 Å². The Morgan fingerprint density at radius 1 is 1.22 bits per heavy atom. The molecule has 0 unspecified atom stereocenters. The van der Waals surface area contributed by atoms with Crippen LogP contribution in [-0.4, -0.2) is 17.7 Å². The fourth-order valence-corrected chi connectivity index (χ4v) is 6.06. The van der Waals surface area contributed by atoms with Crippen LogP contribution in [0, 0.1) is 35.4 Å². The highest BCUT2D eigenvalue weighted by atomic mass is 19.1. The van der Waals surface area contributed by atoms with Crippen LogP contribution in [0.15, 0.2) is 48.7 Å². The van der Waals surface area contributed by atoms with E-state index in [0.29, 0.717) is 36.2 Å². The molecule has 4 rings (SSSR count). The Hall–Kier alpha value is -2.69. The summed E-state index contributed by atoms with van der Waals surface area (Å²) in [6, 6.07) is 10.6. The number of fused-ring (bicyclic) bond motifs is 1. The van der Waals surface area contributed by atoms with Crippen molar-refractivity contribution in [2.24, 2.45) is 35.3 Å². The van der Waals surface area contributed by atoms with Gasteiger partial charge in [0.15, 0.2) is 0 Å². The van der Waals surface area contributed by atoms with Gasteiger partial charge < -0.3 is 10.5 Å². The van der Waals surface area contributed by atoms with E-state index in [9.17, 15) is 9.18 Å². The fraction of sp³-hybridized carbons (Fsp3) is 0.481. The standard InChI is InChI=1S/C27H33FN2O2/c1-2-24-21(17-32-27(29)31)14-19-6-3-4-9-25(19)26(24)13-12-23-11-10-20(16-30-23)18-7-5-8-22(28)15-18/h5,7-8,10-13,15-16,19,21,24-26H,2-4,6,9,14,17H2,1H3,(H2,29,31)/b13-12+/t19-,21-,24-,25+,26+/m0/s1. The molecule has 1 aromatic carbocycles. The second-order valence-corrected chi connectivity index (χ2v) is 9.32. The van der Waals surface area contributed by atoms with Crippen LogP contribution < -0.4 is 5.73 Å². The molecule has 2 aromatic rings. The maximum atomic E-state index is 13.5. The SMILES string of the molecule is CC[C@H]1[C@H](COC(N)=O)C[C@@H]2CCCC[C@H]2[C@@H]1/C=C/c1ccc(-c2cccc(F)c2)cn1. The molecule has 170 valence electrons. The van der Waals surface area contributed by atoms with E-state index in [2.05, 4.69) is 24.1 Å². The molecular weight excluding hydrogens is 403 g/mol. The van der Waals surface area contributed by atoms with Crippen molar-refractivity contribution in [2.75, 3.05) is 6.61 Å². The van der Waals surface area contributed by atoms with Crippen LogP contribution in [0.3, 0.4) is 0 Å². The lowest BCUT2D eigenvalue weighted by atomic mass is 9.57. The molecule has 0 bridgehead atoms. The van der Waals surface area contributed by atoms with E-state index in [1.54, 1.807) is 12.3 Å². The molecule has 4 nitrogen and oxygen atoms in total. The van der Waals surface area contributed by atoms with Gasteiger partial charge in [-0.25, -0.2) is 9.18 Å². The van der Waals surface area contributed by atoms with Crippen molar-refractivity contribution in [3.63, 3.8) is 0 Å². The third kappa shape index (κ3) is 5.20. The van der Waals surface area contributed by atoms with Gasteiger partial charge in [0.1, 0.15) is 5.82 Å². The van der Waals surface area contributed by atoms with Gasteiger partial charge in [-0.2, -0.15) is 0 Å². The number of rotatable bonds is 6. The summed E-state index contributed by atoms with van der Waals surface area (Å²) in [4.78, 5) is 15.8. The van der Waals surface area contributed by atoms with Gasteiger partial charge in [0.2, 0.25) is 0 Å². The number of hydrogen-bond acceptors (Lipinski definition) is 3. The van der Waals surface area contributed by atoms with Crippen molar-refractivity contribution in [1.82, 2.24) is 4.98 Å². The topological polar surface area (TPSA) is 65.2 Å². The second-order valence-electron chi connectivity index (χ2n) is 9.32. The van der Waals surface area contributed by atoms with Crippen LogP contribution in [0.1, 0.15) is 51.1 Å². The highest BCUT2D eigenvalue weighted by Crippen LogP contribution is 2.50. The number of nitrogens with zero attached hydrogens (tertiary/aromatic N) is 1. The van der Waals surface area contributed by atoms with Crippen LogP contribution >= 0.6 is 0 Å². The number of primary amides is 1. The molecule has 0 spiro atoms. The van der Waals surface area contributed by atoms with Crippen LogP contribution in [-0.2, 0) is 4.74 Å². The van der Waals surface area contributed by atoms with Crippen molar-refractivity contribution in [1.29, 1.82) is 0 Å².